The molecule has 1 aliphatic heterocycles. The summed E-state index contributed by atoms with van der Waals surface area (Å²) >= 11 is 6.24. The van der Waals surface area contributed by atoms with Gasteiger partial charge >= 0.3 is 0 Å². The molecule has 1 aromatic carbocycles. The number of rotatable bonds is 3. The standard InChI is InChI=1S/C16H24ClN3O/c1-11(2)12-5-4-9-20(10-8-12)14-7-3-6-13(17)15(14)16(18)19-21/h3,6-7,11-12,21H,4-5,8-10H2,1-2H3,(H2,18,19). The number of hydrogen-bond donors (Lipinski definition) is 2. The van der Waals surface area contributed by atoms with Crippen LogP contribution in [-0.4, -0.2) is 24.1 Å². The van der Waals surface area contributed by atoms with Gasteiger partial charge in [0.2, 0.25) is 0 Å². The molecular weight excluding hydrogens is 286 g/mol. The van der Waals surface area contributed by atoms with Crippen molar-refractivity contribution in [2.45, 2.75) is 33.1 Å². The first kappa shape index (κ1) is 16.0. The van der Waals surface area contributed by atoms with E-state index in [-0.39, 0.29) is 5.84 Å². The van der Waals surface area contributed by atoms with Crippen LogP contribution in [0.2, 0.25) is 5.02 Å². The van der Waals surface area contributed by atoms with E-state index < -0.39 is 0 Å². The number of hydrogen-bond acceptors (Lipinski definition) is 3. The van der Waals surface area contributed by atoms with Crippen molar-refractivity contribution in [2.24, 2.45) is 22.7 Å². The van der Waals surface area contributed by atoms with E-state index in [0.29, 0.717) is 16.5 Å². The smallest absolute Gasteiger partial charge is 0.173 e. The van der Waals surface area contributed by atoms with E-state index in [9.17, 15) is 0 Å². The Morgan fingerprint density at radius 3 is 2.81 bits per heavy atom. The third-order valence-corrected chi connectivity index (χ3v) is 4.73. The summed E-state index contributed by atoms with van der Waals surface area (Å²) in [6.07, 6.45) is 3.58. The highest BCUT2D eigenvalue weighted by atomic mass is 35.5. The van der Waals surface area contributed by atoms with Crippen LogP contribution in [0.5, 0.6) is 0 Å². The van der Waals surface area contributed by atoms with Crippen LogP contribution in [0.1, 0.15) is 38.7 Å². The molecule has 0 bridgehead atoms. The molecule has 21 heavy (non-hydrogen) atoms. The van der Waals surface area contributed by atoms with Crippen molar-refractivity contribution in [2.75, 3.05) is 18.0 Å². The predicted molar refractivity (Wildman–Crippen MR) is 88.4 cm³/mol. The van der Waals surface area contributed by atoms with Gasteiger partial charge in [0.05, 0.1) is 10.6 Å². The Labute approximate surface area is 131 Å². The van der Waals surface area contributed by atoms with E-state index in [1.54, 1.807) is 6.07 Å². The van der Waals surface area contributed by atoms with Crippen LogP contribution >= 0.6 is 11.6 Å². The Bertz CT molecular complexity index is 516. The zero-order chi connectivity index (χ0) is 15.4. The van der Waals surface area contributed by atoms with Gasteiger partial charge in [-0.05, 0) is 43.2 Å². The molecule has 0 amide bonds. The molecule has 0 radical (unpaired) electrons. The number of benzene rings is 1. The van der Waals surface area contributed by atoms with Gasteiger partial charge in [0.25, 0.3) is 0 Å². The van der Waals surface area contributed by atoms with Crippen LogP contribution in [0.3, 0.4) is 0 Å². The van der Waals surface area contributed by atoms with Crippen LogP contribution in [0.25, 0.3) is 0 Å². The van der Waals surface area contributed by atoms with Gasteiger partial charge in [0.15, 0.2) is 5.84 Å². The van der Waals surface area contributed by atoms with Crippen LogP contribution in [-0.2, 0) is 0 Å². The normalized spacial score (nSPS) is 20.7. The summed E-state index contributed by atoms with van der Waals surface area (Å²) in [5.41, 5.74) is 7.40. The third-order valence-electron chi connectivity index (χ3n) is 4.41. The lowest BCUT2D eigenvalue weighted by Gasteiger charge is -2.26. The molecule has 0 aliphatic carbocycles. The fourth-order valence-electron chi connectivity index (χ4n) is 3.11. The molecule has 0 aromatic heterocycles. The number of nitrogens with zero attached hydrogens (tertiary/aromatic N) is 2. The number of halogens is 1. The molecule has 1 atom stereocenters. The molecule has 0 spiro atoms. The van der Waals surface area contributed by atoms with Crippen molar-refractivity contribution >= 4 is 23.1 Å². The minimum atomic E-state index is 0.0697. The van der Waals surface area contributed by atoms with Crippen molar-refractivity contribution in [3.63, 3.8) is 0 Å². The SMILES string of the molecule is CC(C)C1CCCN(c2cccc(Cl)c2C(N)=NO)CC1. The molecule has 1 saturated heterocycles. The summed E-state index contributed by atoms with van der Waals surface area (Å²) in [4.78, 5) is 2.31. The number of nitrogens with two attached hydrogens (primary N) is 1. The summed E-state index contributed by atoms with van der Waals surface area (Å²) in [5.74, 6) is 1.55. The predicted octanol–water partition coefficient (Wildman–Crippen LogP) is 3.70. The van der Waals surface area contributed by atoms with Gasteiger partial charge in [0, 0.05) is 18.8 Å². The summed E-state index contributed by atoms with van der Waals surface area (Å²) in [6, 6.07) is 5.68. The molecule has 5 heteroatoms. The molecule has 0 saturated carbocycles. The van der Waals surface area contributed by atoms with Gasteiger partial charge in [0.1, 0.15) is 0 Å². The van der Waals surface area contributed by atoms with Gasteiger partial charge in [-0.2, -0.15) is 0 Å². The van der Waals surface area contributed by atoms with Gasteiger partial charge < -0.3 is 15.8 Å². The van der Waals surface area contributed by atoms with E-state index in [2.05, 4.69) is 23.9 Å². The molecule has 1 aromatic rings. The lowest BCUT2D eigenvalue weighted by atomic mass is 9.89. The summed E-state index contributed by atoms with van der Waals surface area (Å²) < 4.78 is 0. The Kier molecular flexibility index (Phi) is 5.34. The minimum Gasteiger partial charge on any atom is -0.409 e. The molecular formula is C16H24ClN3O. The first-order valence-corrected chi connectivity index (χ1v) is 7.93. The average Bonchev–Trinajstić information content (AvgIpc) is 2.72. The quantitative estimate of drug-likeness (QED) is 0.387. The largest absolute Gasteiger partial charge is 0.409 e. The molecule has 1 unspecified atom stereocenters. The lowest BCUT2D eigenvalue weighted by Crippen LogP contribution is -2.28. The molecule has 4 nitrogen and oxygen atoms in total. The minimum absolute atomic E-state index is 0.0697. The van der Waals surface area contributed by atoms with Crippen molar-refractivity contribution in [3.05, 3.63) is 28.8 Å². The summed E-state index contributed by atoms with van der Waals surface area (Å²) in [7, 11) is 0. The third kappa shape index (κ3) is 3.62. The van der Waals surface area contributed by atoms with E-state index in [1.165, 1.54) is 12.8 Å². The van der Waals surface area contributed by atoms with E-state index in [4.69, 9.17) is 22.5 Å². The number of oxime groups is 1. The molecule has 1 heterocycles. The second-order valence-electron chi connectivity index (χ2n) is 6.04. The second kappa shape index (κ2) is 7.03. The zero-order valence-electron chi connectivity index (χ0n) is 12.7. The monoisotopic (exact) mass is 309 g/mol. The van der Waals surface area contributed by atoms with Crippen LogP contribution in [0, 0.1) is 11.8 Å². The molecule has 2 rings (SSSR count). The first-order chi connectivity index (χ1) is 10.0. The Morgan fingerprint density at radius 1 is 1.38 bits per heavy atom. The van der Waals surface area contributed by atoms with Crippen molar-refractivity contribution in [3.8, 4) is 0 Å². The number of anilines is 1. The fraction of sp³-hybridized carbons (Fsp3) is 0.562. The zero-order valence-corrected chi connectivity index (χ0v) is 13.5. The highest BCUT2D eigenvalue weighted by Crippen LogP contribution is 2.31. The lowest BCUT2D eigenvalue weighted by molar-refractivity contribution is 0.318. The van der Waals surface area contributed by atoms with Gasteiger partial charge in [-0.25, -0.2) is 0 Å². The van der Waals surface area contributed by atoms with Crippen LogP contribution < -0.4 is 10.6 Å². The average molecular weight is 310 g/mol. The Morgan fingerprint density at radius 2 is 2.14 bits per heavy atom. The highest BCUT2D eigenvalue weighted by molar-refractivity contribution is 6.34. The van der Waals surface area contributed by atoms with Gasteiger partial charge in [-0.15, -0.1) is 0 Å². The van der Waals surface area contributed by atoms with E-state index in [1.807, 2.05) is 12.1 Å². The van der Waals surface area contributed by atoms with Crippen LogP contribution in [0.15, 0.2) is 23.4 Å². The first-order valence-electron chi connectivity index (χ1n) is 7.56. The maximum absolute atomic E-state index is 8.99. The molecule has 3 N–H and O–H groups in total. The maximum Gasteiger partial charge on any atom is 0.173 e. The molecule has 116 valence electrons. The Balaban J connectivity index is 2.28. The summed E-state index contributed by atoms with van der Waals surface area (Å²) in [5, 5.41) is 12.6. The molecule has 1 aliphatic rings. The molecule has 1 fully saturated rings. The fourth-order valence-corrected chi connectivity index (χ4v) is 3.38. The van der Waals surface area contributed by atoms with Crippen molar-refractivity contribution in [1.29, 1.82) is 0 Å². The van der Waals surface area contributed by atoms with E-state index >= 15 is 0 Å². The van der Waals surface area contributed by atoms with Gasteiger partial charge in [-0.1, -0.05) is 36.7 Å². The van der Waals surface area contributed by atoms with Crippen molar-refractivity contribution < 1.29 is 5.21 Å². The second-order valence-corrected chi connectivity index (χ2v) is 6.45. The summed E-state index contributed by atoms with van der Waals surface area (Å²) in [6.45, 7) is 6.55. The maximum atomic E-state index is 8.99. The van der Waals surface area contributed by atoms with Gasteiger partial charge in [-0.3, -0.25) is 0 Å². The van der Waals surface area contributed by atoms with Crippen molar-refractivity contribution in [1.82, 2.24) is 0 Å². The Hall–Kier alpha value is -1.42. The topological polar surface area (TPSA) is 61.8 Å². The highest BCUT2D eigenvalue weighted by Gasteiger charge is 2.22. The van der Waals surface area contributed by atoms with Crippen LogP contribution in [0.4, 0.5) is 5.69 Å². The van der Waals surface area contributed by atoms with E-state index in [0.717, 1.165) is 31.1 Å². The number of amidine groups is 1.